The van der Waals surface area contributed by atoms with E-state index in [1.807, 2.05) is 44.2 Å². The molecular weight excluding hydrogens is 419 g/mol. The van der Waals surface area contributed by atoms with Crippen LogP contribution in [0.3, 0.4) is 0 Å². The number of nitrogens with one attached hydrogen (secondary N) is 3. The minimum absolute atomic E-state index is 0.0476. The van der Waals surface area contributed by atoms with Crippen molar-refractivity contribution in [3.05, 3.63) is 71.3 Å². The number of carbonyl (C=O) groups excluding carboxylic acids is 1. The zero-order valence-corrected chi connectivity index (χ0v) is 17.3. The zero-order chi connectivity index (χ0) is 23.0. The lowest BCUT2D eigenvalue weighted by Gasteiger charge is -2.16. The zero-order valence-electron chi connectivity index (χ0n) is 17.3. The lowest BCUT2D eigenvalue weighted by molar-refractivity contribution is -0.137. The summed E-state index contributed by atoms with van der Waals surface area (Å²) >= 11 is 0. The first-order chi connectivity index (χ1) is 15.1. The number of nitrogens with two attached hydrogens (primary N) is 1. The van der Waals surface area contributed by atoms with Crippen LogP contribution in [-0.4, -0.2) is 16.2 Å². The van der Waals surface area contributed by atoms with E-state index in [1.165, 1.54) is 12.1 Å². The molecule has 0 saturated carbocycles. The summed E-state index contributed by atoms with van der Waals surface area (Å²) in [6.45, 7) is 3.69. The highest BCUT2D eigenvalue weighted by atomic mass is 19.4. The Hall–Kier alpha value is -4.01. The molecule has 32 heavy (non-hydrogen) atoms. The Bertz CT molecular complexity index is 1300. The fraction of sp³-hybridized carbons (Fsp3) is 0.130. The number of nitrogen functional groups attached to an aromatic ring is 1. The minimum Gasteiger partial charge on any atom is -0.382 e. The van der Waals surface area contributed by atoms with Gasteiger partial charge < -0.3 is 16.4 Å². The molecule has 5 N–H and O–H groups in total. The molecule has 9 heteroatoms. The van der Waals surface area contributed by atoms with E-state index in [0.717, 1.165) is 45.3 Å². The number of H-pyrrole nitrogens is 1. The largest absolute Gasteiger partial charge is 0.416 e. The maximum Gasteiger partial charge on any atom is 0.416 e. The summed E-state index contributed by atoms with van der Waals surface area (Å²) in [7, 11) is 0. The van der Waals surface area contributed by atoms with Gasteiger partial charge in [-0.3, -0.25) is 5.10 Å². The molecule has 0 aliphatic rings. The second kappa shape index (κ2) is 7.92. The molecule has 0 fully saturated rings. The topological polar surface area (TPSA) is 95.8 Å². The van der Waals surface area contributed by atoms with E-state index in [-0.39, 0.29) is 5.69 Å². The third-order valence-corrected chi connectivity index (χ3v) is 5.15. The number of halogens is 3. The SMILES string of the molecule is Cc1cc(-c2cccc3[nH]nc(N)c23)cc(C)c1NC(=O)Nc1cccc(C(F)(F)F)c1. The molecule has 2 amide bonds. The molecule has 0 bridgehead atoms. The lowest BCUT2D eigenvalue weighted by atomic mass is 9.96. The highest BCUT2D eigenvalue weighted by molar-refractivity contribution is 6.03. The van der Waals surface area contributed by atoms with Crippen LogP contribution in [0, 0.1) is 13.8 Å². The number of aryl methyl sites for hydroxylation is 2. The minimum atomic E-state index is -4.49. The van der Waals surface area contributed by atoms with Crippen LogP contribution in [0.2, 0.25) is 0 Å². The van der Waals surface area contributed by atoms with Crippen LogP contribution in [-0.2, 0) is 6.18 Å². The molecule has 4 aromatic rings. The fourth-order valence-electron chi connectivity index (χ4n) is 3.70. The van der Waals surface area contributed by atoms with Crippen molar-refractivity contribution in [3.63, 3.8) is 0 Å². The van der Waals surface area contributed by atoms with E-state index in [1.54, 1.807) is 0 Å². The van der Waals surface area contributed by atoms with Crippen molar-refractivity contribution in [2.45, 2.75) is 20.0 Å². The molecule has 1 heterocycles. The summed E-state index contributed by atoms with van der Waals surface area (Å²) in [5.41, 5.74) is 10.0. The first-order valence-corrected chi connectivity index (χ1v) is 9.73. The Balaban J connectivity index is 1.59. The number of benzene rings is 3. The Kier molecular flexibility index (Phi) is 5.25. The molecule has 3 aromatic carbocycles. The number of urea groups is 1. The maximum absolute atomic E-state index is 12.9. The molecule has 0 aliphatic carbocycles. The summed E-state index contributed by atoms with van der Waals surface area (Å²) in [6.07, 6.45) is -4.49. The summed E-state index contributed by atoms with van der Waals surface area (Å²) in [5.74, 6) is 0.397. The average Bonchev–Trinajstić information content (AvgIpc) is 3.11. The van der Waals surface area contributed by atoms with Gasteiger partial charge in [0.15, 0.2) is 5.82 Å². The third-order valence-electron chi connectivity index (χ3n) is 5.15. The van der Waals surface area contributed by atoms with Crippen molar-refractivity contribution in [1.29, 1.82) is 0 Å². The summed E-state index contributed by atoms with van der Waals surface area (Å²) < 4.78 is 38.7. The summed E-state index contributed by atoms with van der Waals surface area (Å²) in [6, 6.07) is 13.4. The van der Waals surface area contributed by atoms with Crippen LogP contribution in [0.15, 0.2) is 54.6 Å². The predicted octanol–water partition coefficient (Wildman–Crippen LogP) is 6.09. The van der Waals surface area contributed by atoms with Gasteiger partial charge in [0.2, 0.25) is 0 Å². The predicted molar refractivity (Wildman–Crippen MR) is 120 cm³/mol. The van der Waals surface area contributed by atoms with Crippen molar-refractivity contribution in [3.8, 4) is 11.1 Å². The Morgan fingerprint density at radius 3 is 2.38 bits per heavy atom. The highest BCUT2D eigenvalue weighted by Crippen LogP contribution is 2.35. The molecule has 0 radical (unpaired) electrons. The van der Waals surface area contributed by atoms with E-state index < -0.39 is 17.8 Å². The normalized spacial score (nSPS) is 11.5. The molecule has 6 nitrogen and oxygen atoms in total. The molecular formula is C23H20F3N5O. The van der Waals surface area contributed by atoms with E-state index >= 15 is 0 Å². The van der Waals surface area contributed by atoms with Crippen LogP contribution in [0.4, 0.5) is 35.2 Å². The molecule has 0 unspecified atom stereocenters. The van der Waals surface area contributed by atoms with Gasteiger partial charge in [-0.1, -0.05) is 18.2 Å². The lowest BCUT2D eigenvalue weighted by Crippen LogP contribution is -2.21. The second-order valence-corrected chi connectivity index (χ2v) is 7.48. The molecule has 0 saturated heterocycles. The van der Waals surface area contributed by atoms with Crippen LogP contribution in [0.25, 0.3) is 22.0 Å². The van der Waals surface area contributed by atoms with E-state index in [4.69, 9.17) is 5.73 Å². The van der Waals surface area contributed by atoms with E-state index in [0.29, 0.717) is 11.5 Å². The monoisotopic (exact) mass is 439 g/mol. The van der Waals surface area contributed by atoms with Gasteiger partial charge in [-0.25, -0.2) is 4.79 Å². The molecule has 1 aromatic heterocycles. The van der Waals surface area contributed by atoms with Crippen molar-refractivity contribution >= 4 is 34.1 Å². The summed E-state index contributed by atoms with van der Waals surface area (Å²) in [4.78, 5) is 12.5. The first kappa shape index (κ1) is 21.2. The number of hydrogen-bond acceptors (Lipinski definition) is 3. The van der Waals surface area contributed by atoms with Gasteiger partial charge in [0.05, 0.1) is 16.5 Å². The maximum atomic E-state index is 12.9. The van der Waals surface area contributed by atoms with Crippen LogP contribution in [0.1, 0.15) is 16.7 Å². The van der Waals surface area contributed by atoms with Crippen LogP contribution >= 0.6 is 0 Å². The third kappa shape index (κ3) is 4.09. The number of carbonyl (C=O) groups is 1. The van der Waals surface area contributed by atoms with Gasteiger partial charge in [0.25, 0.3) is 0 Å². The molecule has 0 atom stereocenters. The van der Waals surface area contributed by atoms with Crippen molar-refractivity contribution < 1.29 is 18.0 Å². The Labute approximate surface area is 181 Å². The number of aromatic amines is 1. The number of nitrogens with zero attached hydrogens (tertiary/aromatic N) is 1. The van der Waals surface area contributed by atoms with Crippen LogP contribution < -0.4 is 16.4 Å². The van der Waals surface area contributed by atoms with Crippen molar-refractivity contribution in [2.75, 3.05) is 16.4 Å². The van der Waals surface area contributed by atoms with E-state index in [9.17, 15) is 18.0 Å². The Morgan fingerprint density at radius 1 is 1.00 bits per heavy atom. The quantitative estimate of drug-likeness (QED) is 0.311. The highest BCUT2D eigenvalue weighted by Gasteiger charge is 2.30. The summed E-state index contributed by atoms with van der Waals surface area (Å²) in [5, 5.41) is 13.0. The molecule has 0 aliphatic heterocycles. The smallest absolute Gasteiger partial charge is 0.382 e. The Morgan fingerprint density at radius 2 is 1.69 bits per heavy atom. The number of amides is 2. The van der Waals surface area contributed by atoms with E-state index in [2.05, 4.69) is 20.8 Å². The number of aromatic nitrogens is 2. The number of alkyl halides is 3. The second-order valence-electron chi connectivity index (χ2n) is 7.48. The van der Waals surface area contributed by atoms with Crippen LogP contribution in [0.5, 0.6) is 0 Å². The molecule has 164 valence electrons. The number of rotatable bonds is 3. The van der Waals surface area contributed by atoms with Gasteiger partial charge in [-0.05, 0) is 72.5 Å². The standard InChI is InChI=1S/C23H20F3N5O/c1-12-9-14(17-7-4-8-18-19(17)21(27)31-30-18)10-13(2)20(12)29-22(32)28-16-6-3-5-15(11-16)23(24,25)26/h3-11H,1-2H3,(H3,27,30,31)(H2,28,29,32). The first-order valence-electron chi connectivity index (χ1n) is 9.73. The number of hydrogen-bond donors (Lipinski definition) is 4. The van der Waals surface area contributed by atoms with Gasteiger partial charge >= 0.3 is 12.2 Å². The molecule has 0 spiro atoms. The fourth-order valence-corrected chi connectivity index (χ4v) is 3.70. The number of anilines is 3. The average molecular weight is 439 g/mol. The molecule has 4 rings (SSSR count). The van der Waals surface area contributed by atoms with Crippen molar-refractivity contribution in [1.82, 2.24) is 10.2 Å². The van der Waals surface area contributed by atoms with Crippen molar-refractivity contribution in [2.24, 2.45) is 0 Å². The van der Waals surface area contributed by atoms with Gasteiger partial charge in [-0.15, -0.1) is 0 Å². The number of fused-ring (bicyclic) bond motifs is 1. The van der Waals surface area contributed by atoms with Gasteiger partial charge in [0, 0.05) is 11.4 Å². The van der Waals surface area contributed by atoms with Gasteiger partial charge in [-0.2, -0.15) is 18.3 Å². The van der Waals surface area contributed by atoms with Gasteiger partial charge in [0.1, 0.15) is 0 Å².